The molecule has 28 heavy (non-hydrogen) atoms. The third-order valence-corrected chi connectivity index (χ3v) is 5.26. The number of likely N-dealkylation sites (N-methyl/N-ethyl adjacent to an activating group) is 1. The number of nitrogens with one attached hydrogen (secondary N) is 1. The summed E-state index contributed by atoms with van der Waals surface area (Å²) in [6, 6.07) is 8.35. The van der Waals surface area contributed by atoms with Gasteiger partial charge in [0.05, 0.1) is 17.2 Å². The molecule has 2 heterocycles. The molecule has 1 saturated heterocycles. The van der Waals surface area contributed by atoms with Gasteiger partial charge >= 0.3 is 0 Å². The van der Waals surface area contributed by atoms with Gasteiger partial charge in [0.2, 0.25) is 5.91 Å². The lowest BCUT2D eigenvalue weighted by atomic mass is 10.2. The maximum atomic E-state index is 12.4. The van der Waals surface area contributed by atoms with Crippen LogP contribution in [0, 0.1) is 10.1 Å². The van der Waals surface area contributed by atoms with Crippen LogP contribution in [0.15, 0.2) is 41.0 Å². The first-order valence-electron chi connectivity index (χ1n) is 8.90. The molecular weight excluding hydrogens is 428 g/mol. The van der Waals surface area contributed by atoms with E-state index in [2.05, 4.69) is 36.3 Å². The van der Waals surface area contributed by atoms with Gasteiger partial charge in [-0.1, -0.05) is 0 Å². The van der Waals surface area contributed by atoms with E-state index >= 15 is 0 Å². The van der Waals surface area contributed by atoms with Crippen molar-refractivity contribution in [2.75, 3.05) is 36.9 Å². The number of hydrogen-bond donors (Lipinski definition) is 1. The van der Waals surface area contributed by atoms with Gasteiger partial charge in [-0.15, -0.1) is 5.10 Å². The third kappa shape index (κ3) is 5.02. The second kappa shape index (κ2) is 9.07. The fraction of sp³-hybridized carbons (Fsp3) is 0.389. The monoisotopic (exact) mass is 448 g/mol. The minimum atomic E-state index is -0.478. The van der Waals surface area contributed by atoms with Crippen molar-refractivity contribution in [2.24, 2.45) is 0 Å². The van der Waals surface area contributed by atoms with Crippen molar-refractivity contribution in [3.05, 3.63) is 51.1 Å². The normalized spacial score (nSPS) is 16.4. The van der Waals surface area contributed by atoms with Crippen molar-refractivity contribution in [2.45, 2.75) is 18.9 Å². The van der Waals surface area contributed by atoms with Crippen LogP contribution in [0.2, 0.25) is 0 Å². The lowest BCUT2D eigenvalue weighted by Crippen LogP contribution is -2.42. The van der Waals surface area contributed by atoms with Crippen molar-refractivity contribution in [1.29, 1.82) is 0 Å². The predicted molar refractivity (Wildman–Crippen MR) is 109 cm³/mol. The maximum Gasteiger partial charge on any atom is 0.270 e. The molecule has 1 aliphatic rings. The third-order valence-electron chi connectivity index (χ3n) is 4.60. The van der Waals surface area contributed by atoms with Gasteiger partial charge in [-0.05, 0) is 54.0 Å². The fourth-order valence-electron chi connectivity index (χ4n) is 3.35. The first-order valence-corrected chi connectivity index (χ1v) is 9.70. The number of halogens is 1. The van der Waals surface area contributed by atoms with Gasteiger partial charge < -0.3 is 10.2 Å². The minimum absolute atomic E-state index is 0.0349. The van der Waals surface area contributed by atoms with E-state index < -0.39 is 4.92 Å². The van der Waals surface area contributed by atoms with Crippen molar-refractivity contribution < 1.29 is 9.72 Å². The Morgan fingerprint density at radius 2 is 2.29 bits per heavy atom. The van der Waals surface area contributed by atoms with E-state index in [0.29, 0.717) is 10.2 Å². The summed E-state index contributed by atoms with van der Waals surface area (Å²) in [7, 11) is 1.90. The van der Waals surface area contributed by atoms with E-state index in [1.807, 2.05) is 24.1 Å². The van der Waals surface area contributed by atoms with Crippen LogP contribution in [0.25, 0.3) is 0 Å². The largest absolute Gasteiger partial charge is 0.351 e. The number of aromatic nitrogens is 2. The van der Waals surface area contributed by atoms with Crippen LogP contribution >= 0.6 is 15.9 Å². The van der Waals surface area contributed by atoms with Crippen molar-refractivity contribution >= 4 is 39.0 Å². The van der Waals surface area contributed by atoms with Gasteiger partial charge in [0, 0.05) is 41.9 Å². The molecule has 1 amide bonds. The van der Waals surface area contributed by atoms with Crippen LogP contribution in [-0.4, -0.2) is 58.7 Å². The van der Waals surface area contributed by atoms with Gasteiger partial charge in [0.15, 0.2) is 5.82 Å². The summed E-state index contributed by atoms with van der Waals surface area (Å²) < 4.78 is 0.474. The standard InChI is InChI=1S/C18H21BrN6O3/c1-23(11-14-4-3-9-24(14)17-5-2-8-20-22-17)12-18(26)21-16-7-6-13(25(27)28)10-15(16)19/h2,5-8,10,14H,3-4,9,11-12H2,1H3,(H,21,26). The van der Waals surface area contributed by atoms with Gasteiger partial charge in [0.25, 0.3) is 5.69 Å². The van der Waals surface area contributed by atoms with Gasteiger partial charge in [-0.2, -0.15) is 5.10 Å². The molecule has 1 aliphatic heterocycles. The lowest BCUT2D eigenvalue weighted by molar-refractivity contribution is -0.384. The smallest absolute Gasteiger partial charge is 0.270 e. The Morgan fingerprint density at radius 1 is 1.46 bits per heavy atom. The molecule has 9 nitrogen and oxygen atoms in total. The van der Waals surface area contributed by atoms with E-state index in [1.165, 1.54) is 18.2 Å². The van der Waals surface area contributed by atoms with Crippen LogP contribution in [0.5, 0.6) is 0 Å². The molecular formula is C18H21BrN6O3. The molecule has 1 aromatic heterocycles. The minimum Gasteiger partial charge on any atom is -0.351 e. The number of nitro benzene ring substituents is 1. The average molecular weight is 449 g/mol. The number of nitro groups is 1. The Kier molecular flexibility index (Phi) is 6.53. The Bertz CT molecular complexity index is 850. The number of amides is 1. The number of carbonyl (C=O) groups excluding carboxylic acids is 1. The molecule has 0 aliphatic carbocycles. The number of hydrogen-bond acceptors (Lipinski definition) is 7. The van der Waals surface area contributed by atoms with Gasteiger partial charge in [0.1, 0.15) is 0 Å². The van der Waals surface area contributed by atoms with E-state index in [0.717, 1.165) is 31.7 Å². The summed E-state index contributed by atoms with van der Waals surface area (Å²) in [6.07, 6.45) is 3.77. The molecule has 2 aromatic rings. The summed E-state index contributed by atoms with van der Waals surface area (Å²) in [5.41, 5.74) is 0.471. The number of non-ortho nitro benzene ring substituents is 1. The lowest BCUT2D eigenvalue weighted by Gasteiger charge is -2.29. The highest BCUT2D eigenvalue weighted by Crippen LogP contribution is 2.27. The molecule has 0 saturated carbocycles. The number of benzene rings is 1. The Balaban J connectivity index is 1.55. The molecule has 1 aromatic carbocycles. The molecule has 1 fully saturated rings. The Labute approximate surface area is 171 Å². The molecule has 1 unspecified atom stereocenters. The first kappa shape index (κ1) is 20.2. The number of rotatable bonds is 7. The highest BCUT2D eigenvalue weighted by atomic mass is 79.9. The number of carbonyl (C=O) groups is 1. The van der Waals surface area contributed by atoms with Crippen LogP contribution in [0.1, 0.15) is 12.8 Å². The van der Waals surface area contributed by atoms with Crippen molar-refractivity contribution in [3.63, 3.8) is 0 Å². The second-order valence-corrected chi connectivity index (χ2v) is 7.59. The molecule has 0 radical (unpaired) electrons. The van der Waals surface area contributed by atoms with E-state index in [4.69, 9.17) is 0 Å². The summed E-state index contributed by atoms with van der Waals surface area (Å²) in [4.78, 5) is 26.9. The zero-order chi connectivity index (χ0) is 20.1. The second-order valence-electron chi connectivity index (χ2n) is 6.74. The molecule has 1 N–H and O–H groups in total. The average Bonchev–Trinajstić information content (AvgIpc) is 3.11. The van der Waals surface area contributed by atoms with Gasteiger partial charge in [-0.3, -0.25) is 19.8 Å². The molecule has 3 rings (SSSR count). The quantitative estimate of drug-likeness (QED) is 0.512. The highest BCUT2D eigenvalue weighted by Gasteiger charge is 2.27. The molecule has 10 heteroatoms. The Morgan fingerprint density at radius 3 is 2.96 bits per heavy atom. The summed E-state index contributed by atoms with van der Waals surface area (Å²) in [6.45, 7) is 1.87. The maximum absolute atomic E-state index is 12.4. The number of anilines is 2. The molecule has 148 valence electrons. The molecule has 0 spiro atoms. The highest BCUT2D eigenvalue weighted by molar-refractivity contribution is 9.10. The first-order chi connectivity index (χ1) is 13.4. The zero-order valence-corrected chi connectivity index (χ0v) is 17.0. The zero-order valence-electron chi connectivity index (χ0n) is 15.4. The van der Waals surface area contributed by atoms with E-state index in [1.54, 1.807) is 6.20 Å². The predicted octanol–water partition coefficient (Wildman–Crippen LogP) is 2.69. The molecule has 0 bridgehead atoms. The van der Waals surface area contributed by atoms with E-state index in [-0.39, 0.29) is 24.2 Å². The topological polar surface area (TPSA) is 104 Å². The van der Waals surface area contributed by atoms with Crippen LogP contribution in [0.3, 0.4) is 0 Å². The molecule has 1 atom stereocenters. The Hall–Kier alpha value is -2.59. The summed E-state index contributed by atoms with van der Waals surface area (Å²) >= 11 is 3.26. The van der Waals surface area contributed by atoms with E-state index in [9.17, 15) is 14.9 Å². The number of nitrogens with zero attached hydrogens (tertiary/aromatic N) is 5. The summed E-state index contributed by atoms with van der Waals surface area (Å²) in [5, 5.41) is 21.7. The van der Waals surface area contributed by atoms with Gasteiger partial charge in [-0.25, -0.2) is 0 Å². The van der Waals surface area contributed by atoms with Crippen LogP contribution < -0.4 is 10.2 Å². The van der Waals surface area contributed by atoms with Crippen LogP contribution in [-0.2, 0) is 4.79 Å². The summed E-state index contributed by atoms with van der Waals surface area (Å²) in [5.74, 6) is 0.679. The van der Waals surface area contributed by atoms with Crippen molar-refractivity contribution in [3.8, 4) is 0 Å². The van der Waals surface area contributed by atoms with Crippen molar-refractivity contribution in [1.82, 2.24) is 15.1 Å². The van der Waals surface area contributed by atoms with Crippen LogP contribution in [0.4, 0.5) is 17.2 Å². The SMILES string of the molecule is CN(CC(=O)Nc1ccc([N+](=O)[O-])cc1Br)CC1CCCN1c1cccnn1. The fourth-order valence-corrected chi connectivity index (χ4v) is 3.82.